The van der Waals surface area contributed by atoms with Crippen molar-refractivity contribution < 1.29 is 9.59 Å². The molecule has 1 aliphatic carbocycles. The largest absolute Gasteiger partial charge is 0.341 e. The van der Waals surface area contributed by atoms with Crippen molar-refractivity contribution in [3.8, 4) is 0 Å². The third kappa shape index (κ3) is 7.15. The van der Waals surface area contributed by atoms with Gasteiger partial charge in [0.2, 0.25) is 5.91 Å². The molecule has 1 heterocycles. The number of carbonyl (C=O) groups excluding carboxylic acids is 2. The van der Waals surface area contributed by atoms with Gasteiger partial charge in [-0.3, -0.25) is 9.78 Å². The second-order valence-electron chi connectivity index (χ2n) is 9.24. The third-order valence-corrected chi connectivity index (χ3v) is 5.99. The molecule has 1 aromatic heterocycles. The van der Waals surface area contributed by atoms with Gasteiger partial charge in [0.1, 0.15) is 0 Å². The van der Waals surface area contributed by atoms with Crippen LogP contribution in [-0.4, -0.2) is 41.5 Å². The molecule has 0 saturated carbocycles. The van der Waals surface area contributed by atoms with Crippen molar-refractivity contribution in [3.05, 3.63) is 41.7 Å². The summed E-state index contributed by atoms with van der Waals surface area (Å²) in [5.41, 5.74) is 2.29. The van der Waals surface area contributed by atoms with E-state index < -0.39 is 0 Å². The summed E-state index contributed by atoms with van der Waals surface area (Å²) in [7, 11) is 1.86. The van der Waals surface area contributed by atoms with Gasteiger partial charge in [-0.25, -0.2) is 4.79 Å². The summed E-state index contributed by atoms with van der Waals surface area (Å²) in [6, 6.07) is 3.89. The second kappa shape index (κ2) is 11.1. The van der Waals surface area contributed by atoms with Crippen molar-refractivity contribution in [1.29, 1.82) is 0 Å². The van der Waals surface area contributed by atoms with E-state index in [1.807, 2.05) is 33.0 Å². The minimum absolute atomic E-state index is 0.118. The maximum Gasteiger partial charge on any atom is 0.315 e. The lowest BCUT2D eigenvalue weighted by Gasteiger charge is -2.37. The quantitative estimate of drug-likeness (QED) is 0.632. The highest BCUT2D eigenvalue weighted by molar-refractivity contribution is 5.76. The molecule has 3 amide bonds. The molecule has 166 valence electrons. The Morgan fingerprint density at radius 2 is 2.00 bits per heavy atom. The number of hydrogen-bond donors (Lipinski definition) is 2. The van der Waals surface area contributed by atoms with Crippen LogP contribution in [0, 0.1) is 23.7 Å². The van der Waals surface area contributed by atoms with Crippen LogP contribution in [0.3, 0.4) is 0 Å². The van der Waals surface area contributed by atoms with Gasteiger partial charge in [-0.15, -0.1) is 0 Å². The van der Waals surface area contributed by atoms with Crippen LogP contribution in [0.4, 0.5) is 4.79 Å². The molecule has 6 nitrogen and oxygen atoms in total. The Labute approximate surface area is 181 Å². The molecule has 0 aromatic carbocycles. The molecule has 1 aromatic rings. The summed E-state index contributed by atoms with van der Waals surface area (Å²) < 4.78 is 0. The fourth-order valence-corrected chi connectivity index (χ4v) is 4.25. The van der Waals surface area contributed by atoms with Gasteiger partial charge in [-0.05, 0) is 62.5 Å². The Morgan fingerprint density at radius 1 is 1.27 bits per heavy atom. The van der Waals surface area contributed by atoms with Crippen LogP contribution in [0.1, 0.15) is 53.0 Å². The summed E-state index contributed by atoms with van der Waals surface area (Å²) in [6.45, 7) is 11.7. The number of pyridine rings is 1. The normalized spacial score (nSPS) is 21.3. The highest BCUT2D eigenvalue weighted by atomic mass is 16.2. The average Bonchev–Trinajstić information content (AvgIpc) is 2.67. The van der Waals surface area contributed by atoms with E-state index in [-0.39, 0.29) is 23.9 Å². The van der Waals surface area contributed by atoms with E-state index in [4.69, 9.17) is 0 Å². The minimum Gasteiger partial charge on any atom is -0.341 e. The highest BCUT2D eigenvalue weighted by Gasteiger charge is 2.33. The molecule has 0 spiro atoms. The monoisotopic (exact) mass is 414 g/mol. The molecule has 6 heteroatoms. The lowest BCUT2D eigenvalue weighted by molar-refractivity contribution is -0.131. The van der Waals surface area contributed by atoms with E-state index >= 15 is 0 Å². The van der Waals surface area contributed by atoms with E-state index in [0.29, 0.717) is 37.3 Å². The number of amides is 3. The Morgan fingerprint density at radius 3 is 2.60 bits per heavy atom. The molecule has 2 rings (SSSR count). The summed E-state index contributed by atoms with van der Waals surface area (Å²) >= 11 is 0. The second-order valence-corrected chi connectivity index (χ2v) is 9.24. The molecule has 0 saturated heterocycles. The van der Waals surface area contributed by atoms with Crippen LogP contribution in [0.5, 0.6) is 0 Å². The first-order valence-corrected chi connectivity index (χ1v) is 11.0. The first-order chi connectivity index (χ1) is 14.2. The van der Waals surface area contributed by atoms with Crippen LogP contribution in [0.15, 0.2) is 36.2 Å². The van der Waals surface area contributed by atoms with Crippen molar-refractivity contribution in [2.75, 3.05) is 13.6 Å². The molecule has 0 aliphatic heterocycles. The molecular weight excluding hydrogens is 376 g/mol. The summed E-state index contributed by atoms with van der Waals surface area (Å²) in [5, 5.41) is 5.89. The average molecular weight is 415 g/mol. The van der Waals surface area contributed by atoms with Gasteiger partial charge in [-0.1, -0.05) is 31.6 Å². The smallest absolute Gasteiger partial charge is 0.315 e. The lowest BCUT2D eigenvalue weighted by Crippen LogP contribution is -2.43. The molecule has 3 atom stereocenters. The van der Waals surface area contributed by atoms with Crippen LogP contribution >= 0.6 is 0 Å². The maximum absolute atomic E-state index is 12.8. The zero-order valence-corrected chi connectivity index (χ0v) is 19.3. The van der Waals surface area contributed by atoms with Crippen LogP contribution in [0.2, 0.25) is 0 Å². The molecular formula is C24H38N4O2. The molecule has 0 radical (unpaired) electrons. The van der Waals surface area contributed by atoms with Crippen molar-refractivity contribution in [1.82, 2.24) is 20.5 Å². The fourth-order valence-electron chi connectivity index (χ4n) is 4.25. The van der Waals surface area contributed by atoms with E-state index in [1.54, 1.807) is 17.3 Å². The number of carbonyl (C=O) groups is 2. The number of nitrogens with zero attached hydrogens (tertiary/aromatic N) is 2. The van der Waals surface area contributed by atoms with Gasteiger partial charge in [0.05, 0.1) is 0 Å². The van der Waals surface area contributed by atoms with Crippen molar-refractivity contribution in [2.45, 2.75) is 60.0 Å². The van der Waals surface area contributed by atoms with Crippen LogP contribution < -0.4 is 10.6 Å². The first-order valence-electron chi connectivity index (χ1n) is 11.0. The van der Waals surface area contributed by atoms with E-state index in [0.717, 1.165) is 12.0 Å². The Balaban J connectivity index is 1.98. The Kier molecular flexibility index (Phi) is 8.88. The fraction of sp³-hybridized carbons (Fsp3) is 0.625. The number of hydrogen-bond acceptors (Lipinski definition) is 3. The lowest BCUT2D eigenvalue weighted by atomic mass is 9.69. The van der Waals surface area contributed by atoms with E-state index in [2.05, 4.69) is 42.5 Å². The number of nitrogens with one attached hydrogen (secondary N) is 2. The molecule has 30 heavy (non-hydrogen) atoms. The Hall–Kier alpha value is -2.37. The van der Waals surface area contributed by atoms with Crippen LogP contribution in [-0.2, 0) is 11.3 Å². The molecule has 0 fully saturated rings. The van der Waals surface area contributed by atoms with E-state index in [9.17, 15) is 9.59 Å². The molecule has 0 unspecified atom stereocenters. The van der Waals surface area contributed by atoms with Crippen molar-refractivity contribution in [2.24, 2.45) is 23.7 Å². The van der Waals surface area contributed by atoms with Gasteiger partial charge in [0.25, 0.3) is 0 Å². The van der Waals surface area contributed by atoms with Gasteiger partial charge in [0, 0.05) is 45.0 Å². The minimum atomic E-state index is -0.118. The zero-order valence-electron chi connectivity index (χ0n) is 19.3. The molecule has 0 bridgehead atoms. The van der Waals surface area contributed by atoms with Gasteiger partial charge < -0.3 is 15.5 Å². The molecule has 2 N–H and O–H groups in total. The standard InChI is InChI=1S/C24H38N4O2/c1-16(2)22-11-20(12-23(29)28(6)15-19-8-7-9-25-13-19)18(5)10-21(22)14-26-24(30)27-17(3)4/h7-10,13,16-17,20-22H,11-12,14-15H2,1-6H3,(H2,26,27,30)/t20-,21-,22-/m0/s1. The van der Waals surface area contributed by atoms with Crippen molar-refractivity contribution >= 4 is 11.9 Å². The summed E-state index contributed by atoms with van der Waals surface area (Å²) in [4.78, 5) is 30.8. The highest BCUT2D eigenvalue weighted by Crippen LogP contribution is 2.39. The third-order valence-electron chi connectivity index (χ3n) is 5.99. The predicted octanol–water partition coefficient (Wildman–Crippen LogP) is 3.99. The van der Waals surface area contributed by atoms with Gasteiger partial charge in [0.15, 0.2) is 0 Å². The first kappa shape index (κ1) is 23.9. The van der Waals surface area contributed by atoms with Crippen LogP contribution in [0.25, 0.3) is 0 Å². The topological polar surface area (TPSA) is 74.3 Å². The zero-order chi connectivity index (χ0) is 22.3. The van der Waals surface area contributed by atoms with E-state index in [1.165, 1.54) is 5.57 Å². The number of rotatable bonds is 8. The van der Waals surface area contributed by atoms with Gasteiger partial charge in [-0.2, -0.15) is 0 Å². The number of allylic oxidation sites excluding steroid dienone is 1. The number of aromatic nitrogens is 1. The SMILES string of the molecule is CC1=C[C@@H](CNC(=O)NC(C)C)[C@H](C(C)C)C[C@H]1CC(=O)N(C)Cc1cccnc1. The van der Waals surface area contributed by atoms with Gasteiger partial charge >= 0.3 is 6.03 Å². The maximum atomic E-state index is 12.8. The number of urea groups is 1. The Bertz CT molecular complexity index is 730. The summed E-state index contributed by atoms with van der Waals surface area (Å²) in [6.07, 6.45) is 7.33. The molecule has 1 aliphatic rings. The van der Waals surface area contributed by atoms with Crippen molar-refractivity contribution in [3.63, 3.8) is 0 Å². The summed E-state index contributed by atoms with van der Waals surface area (Å²) in [5.74, 6) is 1.63. The predicted molar refractivity (Wildman–Crippen MR) is 121 cm³/mol.